The lowest BCUT2D eigenvalue weighted by Crippen LogP contribution is -2.30. The van der Waals surface area contributed by atoms with Gasteiger partial charge in [0.15, 0.2) is 6.10 Å². The van der Waals surface area contributed by atoms with Crippen LogP contribution in [0.3, 0.4) is 0 Å². The van der Waals surface area contributed by atoms with Crippen molar-refractivity contribution in [3.63, 3.8) is 0 Å². The van der Waals surface area contributed by atoms with Crippen molar-refractivity contribution in [3.05, 3.63) is 109 Å². The van der Waals surface area contributed by atoms with E-state index in [0.717, 1.165) is 64.2 Å². The summed E-state index contributed by atoms with van der Waals surface area (Å²) < 4.78 is 16.7. The van der Waals surface area contributed by atoms with Crippen LogP contribution in [0, 0.1) is 0 Å². The van der Waals surface area contributed by atoms with Gasteiger partial charge in [0.05, 0.1) is 0 Å². The highest BCUT2D eigenvalue weighted by molar-refractivity contribution is 5.71. The van der Waals surface area contributed by atoms with E-state index in [-0.39, 0.29) is 31.6 Å². The second-order valence-electron chi connectivity index (χ2n) is 16.5. The maximum atomic E-state index is 12.7. The highest BCUT2D eigenvalue weighted by Gasteiger charge is 2.19. The maximum Gasteiger partial charge on any atom is 0.306 e. The summed E-state index contributed by atoms with van der Waals surface area (Å²) in [5, 5.41) is 0. The van der Waals surface area contributed by atoms with Gasteiger partial charge in [-0.05, 0) is 51.4 Å². The molecule has 0 saturated heterocycles. The monoisotopic (exact) mass is 873 g/mol. The van der Waals surface area contributed by atoms with Crippen molar-refractivity contribution in [3.8, 4) is 0 Å². The number of esters is 3. The van der Waals surface area contributed by atoms with Gasteiger partial charge in [-0.3, -0.25) is 14.4 Å². The predicted molar refractivity (Wildman–Crippen MR) is 270 cm³/mol. The molecule has 0 N–H and O–H groups in total. The lowest BCUT2D eigenvalue weighted by atomic mass is 10.0. The smallest absolute Gasteiger partial charge is 0.306 e. The van der Waals surface area contributed by atoms with Gasteiger partial charge in [0.1, 0.15) is 13.2 Å². The molecule has 0 aromatic carbocycles. The van der Waals surface area contributed by atoms with Gasteiger partial charge in [0.25, 0.3) is 0 Å². The Hall–Kier alpha value is -3.93. The summed E-state index contributed by atoms with van der Waals surface area (Å²) in [5.74, 6) is -1.04. The number of hydrogen-bond acceptors (Lipinski definition) is 6. The minimum absolute atomic E-state index is 0.120. The molecule has 0 saturated carbocycles. The molecule has 0 spiro atoms. The molecule has 0 aliphatic carbocycles. The van der Waals surface area contributed by atoms with Crippen LogP contribution in [0.1, 0.15) is 213 Å². The summed E-state index contributed by atoms with van der Waals surface area (Å²) in [4.78, 5) is 37.9. The second-order valence-corrected chi connectivity index (χ2v) is 16.5. The Balaban J connectivity index is 4.47. The zero-order chi connectivity index (χ0) is 45.8. The van der Waals surface area contributed by atoms with Gasteiger partial charge in [0, 0.05) is 19.3 Å². The molecule has 0 radical (unpaired) electrons. The van der Waals surface area contributed by atoms with Gasteiger partial charge in [-0.2, -0.15) is 0 Å². The molecular weight excluding hydrogens is 781 g/mol. The van der Waals surface area contributed by atoms with Crippen LogP contribution in [0.5, 0.6) is 0 Å². The Morgan fingerprint density at radius 1 is 0.333 bits per heavy atom. The first-order valence-electron chi connectivity index (χ1n) is 25.5. The molecular formula is C57H92O6. The van der Waals surface area contributed by atoms with Crippen LogP contribution >= 0.6 is 0 Å². The second kappa shape index (κ2) is 50.7. The Kier molecular flexibility index (Phi) is 47.5. The molecule has 0 bridgehead atoms. The highest BCUT2D eigenvalue weighted by Crippen LogP contribution is 2.15. The zero-order valence-corrected chi connectivity index (χ0v) is 40.5. The molecule has 0 aromatic heterocycles. The van der Waals surface area contributed by atoms with Crippen molar-refractivity contribution >= 4 is 17.9 Å². The standard InChI is InChI=1S/C57H92O6/c1-4-7-10-13-16-19-22-25-26-27-28-29-30-33-35-38-41-44-47-50-56(59)62-53-54(63-57(60)51-48-45-42-39-36-32-24-21-18-15-12-9-6-3)52-61-55(58)49-46-43-40-37-34-31-23-20-17-14-11-8-5-2/h8-9,11-12,14-15,17-18,20-21,23-24,31-32,34,36,39,42,54H,4-7,10,13,16,19,22,25-30,33,35,37-38,40-41,43-53H2,1-3H3/b11-8-,12-9-,17-14-,18-15-,23-20-,24-21-,34-31-,36-32-,42-39-. The summed E-state index contributed by atoms with van der Waals surface area (Å²) in [6, 6.07) is 0. The van der Waals surface area contributed by atoms with Crippen LogP contribution in [-0.2, 0) is 28.6 Å². The first kappa shape index (κ1) is 59.1. The van der Waals surface area contributed by atoms with Crippen LogP contribution in [-0.4, -0.2) is 37.2 Å². The molecule has 0 aliphatic rings. The third-order valence-corrected chi connectivity index (χ3v) is 10.5. The molecule has 0 rings (SSSR count). The van der Waals surface area contributed by atoms with E-state index < -0.39 is 12.1 Å². The average Bonchev–Trinajstić information content (AvgIpc) is 3.28. The predicted octanol–water partition coefficient (Wildman–Crippen LogP) is 16.8. The van der Waals surface area contributed by atoms with E-state index in [1.807, 2.05) is 91.1 Å². The molecule has 0 fully saturated rings. The first-order chi connectivity index (χ1) is 31.0. The van der Waals surface area contributed by atoms with Crippen molar-refractivity contribution in [1.29, 1.82) is 0 Å². The fraction of sp³-hybridized carbons (Fsp3) is 0.632. The molecule has 6 nitrogen and oxygen atoms in total. The van der Waals surface area contributed by atoms with Crippen molar-refractivity contribution in [2.24, 2.45) is 0 Å². The van der Waals surface area contributed by atoms with Crippen LogP contribution in [0.2, 0.25) is 0 Å². The van der Waals surface area contributed by atoms with Gasteiger partial charge in [0.2, 0.25) is 0 Å². The lowest BCUT2D eigenvalue weighted by Gasteiger charge is -2.18. The van der Waals surface area contributed by atoms with Crippen molar-refractivity contribution in [1.82, 2.24) is 0 Å². The third-order valence-electron chi connectivity index (χ3n) is 10.5. The largest absolute Gasteiger partial charge is 0.462 e. The molecule has 1 unspecified atom stereocenters. The van der Waals surface area contributed by atoms with E-state index in [1.54, 1.807) is 0 Å². The third kappa shape index (κ3) is 49.0. The summed E-state index contributed by atoms with van der Waals surface area (Å²) >= 11 is 0. The molecule has 6 heteroatoms. The highest BCUT2D eigenvalue weighted by atomic mass is 16.6. The van der Waals surface area contributed by atoms with Gasteiger partial charge in [-0.25, -0.2) is 0 Å². The number of hydrogen-bond donors (Lipinski definition) is 0. The molecule has 0 aromatic rings. The summed E-state index contributed by atoms with van der Waals surface area (Å²) in [7, 11) is 0. The Morgan fingerprint density at radius 2 is 0.635 bits per heavy atom. The minimum Gasteiger partial charge on any atom is -0.462 e. The number of ether oxygens (including phenoxy) is 3. The summed E-state index contributed by atoms with van der Waals surface area (Å²) in [5.41, 5.74) is 0. The molecule has 0 amide bonds. The molecule has 1 atom stereocenters. The number of allylic oxidation sites excluding steroid dienone is 18. The van der Waals surface area contributed by atoms with Gasteiger partial charge in [-0.15, -0.1) is 0 Å². The number of rotatable bonds is 44. The van der Waals surface area contributed by atoms with Crippen LogP contribution < -0.4 is 0 Å². The van der Waals surface area contributed by atoms with Crippen molar-refractivity contribution in [2.45, 2.75) is 219 Å². The van der Waals surface area contributed by atoms with E-state index in [0.29, 0.717) is 19.3 Å². The first-order valence-corrected chi connectivity index (χ1v) is 25.5. The van der Waals surface area contributed by atoms with Crippen molar-refractivity contribution < 1.29 is 28.6 Å². The Morgan fingerprint density at radius 3 is 1.02 bits per heavy atom. The number of carbonyl (C=O) groups is 3. The van der Waals surface area contributed by atoms with Gasteiger partial charge >= 0.3 is 17.9 Å². The van der Waals surface area contributed by atoms with E-state index >= 15 is 0 Å². The maximum absolute atomic E-state index is 12.7. The average molecular weight is 873 g/mol. The molecule has 0 aliphatic heterocycles. The summed E-state index contributed by atoms with van der Waals surface area (Å²) in [6.45, 7) is 6.25. The van der Waals surface area contributed by atoms with E-state index in [1.165, 1.54) is 103 Å². The van der Waals surface area contributed by atoms with Crippen LogP contribution in [0.4, 0.5) is 0 Å². The van der Waals surface area contributed by atoms with Crippen molar-refractivity contribution in [2.75, 3.05) is 13.2 Å². The fourth-order valence-corrected chi connectivity index (χ4v) is 6.72. The quantitative estimate of drug-likeness (QED) is 0.0263. The Bertz CT molecular complexity index is 1330. The summed E-state index contributed by atoms with van der Waals surface area (Å²) in [6.07, 6.45) is 68.1. The van der Waals surface area contributed by atoms with E-state index in [9.17, 15) is 14.4 Å². The fourth-order valence-electron chi connectivity index (χ4n) is 6.72. The molecule has 63 heavy (non-hydrogen) atoms. The number of unbranched alkanes of at least 4 members (excludes halogenated alkanes) is 22. The molecule has 356 valence electrons. The molecule has 0 heterocycles. The number of carbonyl (C=O) groups excluding carboxylic acids is 3. The Labute approximate surface area is 387 Å². The minimum atomic E-state index is -0.831. The van der Waals surface area contributed by atoms with Crippen LogP contribution in [0.15, 0.2) is 109 Å². The van der Waals surface area contributed by atoms with Gasteiger partial charge in [-0.1, -0.05) is 252 Å². The zero-order valence-electron chi connectivity index (χ0n) is 40.5. The lowest BCUT2D eigenvalue weighted by molar-refractivity contribution is -0.167. The van der Waals surface area contributed by atoms with E-state index in [4.69, 9.17) is 14.2 Å². The topological polar surface area (TPSA) is 78.9 Å². The normalized spacial score (nSPS) is 13.0. The van der Waals surface area contributed by atoms with E-state index in [2.05, 4.69) is 39.0 Å². The van der Waals surface area contributed by atoms with Crippen LogP contribution in [0.25, 0.3) is 0 Å². The van der Waals surface area contributed by atoms with Gasteiger partial charge < -0.3 is 14.2 Å². The SMILES string of the molecule is CC\C=C/C=C\C=C/C=C\C=C/CCCC(=O)OC(COC(=O)CCCCC\C=C/C=C\C=C/C=C\CC)COC(=O)CCCCCCCCCCCCCCCCCCCCC.